The number of hydrogen-bond acceptors (Lipinski definition) is 4. The van der Waals surface area contributed by atoms with E-state index in [-0.39, 0.29) is 4.90 Å². The third kappa shape index (κ3) is 3.33. The van der Waals surface area contributed by atoms with Crippen molar-refractivity contribution in [2.45, 2.75) is 25.3 Å². The van der Waals surface area contributed by atoms with Crippen LogP contribution in [0.15, 0.2) is 47.4 Å². The first-order chi connectivity index (χ1) is 11.5. The van der Waals surface area contributed by atoms with Crippen LogP contribution in [0.25, 0.3) is 0 Å². The number of nitrogens with zero attached hydrogens (tertiary/aromatic N) is 1. The normalized spacial score (nSPS) is 13.6. The highest BCUT2D eigenvalue weighted by atomic mass is 32.2. The minimum Gasteiger partial charge on any atom is -0.457 e. The monoisotopic (exact) mass is 345 g/mol. The van der Waals surface area contributed by atoms with E-state index in [9.17, 15) is 8.42 Å². The number of rotatable bonds is 6. The Hall–Kier alpha value is -1.83. The van der Waals surface area contributed by atoms with Crippen molar-refractivity contribution in [2.24, 2.45) is 0 Å². The maximum absolute atomic E-state index is 12.5. The maximum atomic E-state index is 12.5. The van der Waals surface area contributed by atoms with Crippen LogP contribution in [0.5, 0.6) is 11.5 Å². The van der Waals surface area contributed by atoms with Crippen LogP contribution in [0.3, 0.4) is 0 Å². The van der Waals surface area contributed by atoms with Crippen LogP contribution in [0.1, 0.15) is 19.4 Å². The molecule has 0 aliphatic carbocycles. The van der Waals surface area contributed by atoms with Crippen molar-refractivity contribution in [3.63, 3.8) is 0 Å². The molecule has 2 aromatic carbocycles. The lowest BCUT2D eigenvalue weighted by Crippen LogP contribution is -2.30. The zero-order chi connectivity index (χ0) is 17.2. The van der Waals surface area contributed by atoms with Gasteiger partial charge >= 0.3 is 7.48 Å². The zero-order valence-electron chi connectivity index (χ0n) is 13.9. The van der Waals surface area contributed by atoms with E-state index >= 15 is 0 Å². The summed E-state index contributed by atoms with van der Waals surface area (Å²) in [5.41, 5.74) is 2.32. The Labute approximate surface area is 143 Å². The first-order valence-corrected chi connectivity index (χ1v) is 9.46. The summed E-state index contributed by atoms with van der Waals surface area (Å²) in [6.45, 7) is 5.17. The van der Waals surface area contributed by atoms with Gasteiger partial charge in [0, 0.05) is 13.1 Å². The van der Waals surface area contributed by atoms with Gasteiger partial charge in [0.1, 0.15) is 11.5 Å². The van der Waals surface area contributed by atoms with Crippen molar-refractivity contribution in [3.8, 4) is 11.5 Å². The van der Waals surface area contributed by atoms with Gasteiger partial charge in [0.25, 0.3) is 0 Å². The summed E-state index contributed by atoms with van der Waals surface area (Å²) >= 11 is 0. The van der Waals surface area contributed by atoms with E-state index in [1.807, 2.05) is 32.0 Å². The van der Waals surface area contributed by atoms with E-state index in [0.717, 1.165) is 11.3 Å². The minimum atomic E-state index is -3.44. The van der Waals surface area contributed by atoms with E-state index in [1.54, 1.807) is 24.3 Å². The van der Waals surface area contributed by atoms with E-state index in [1.165, 1.54) is 9.77 Å². The number of ether oxygens (including phenoxy) is 1. The lowest BCUT2D eigenvalue weighted by Gasteiger charge is -2.18. The highest BCUT2D eigenvalue weighted by Crippen LogP contribution is 2.25. The van der Waals surface area contributed by atoms with Crippen LogP contribution >= 0.6 is 0 Å². The summed E-state index contributed by atoms with van der Waals surface area (Å²) in [5, 5.41) is 0. The Morgan fingerprint density at radius 3 is 2.42 bits per heavy atom. The molecule has 0 spiro atoms. The first-order valence-electron chi connectivity index (χ1n) is 8.02. The summed E-state index contributed by atoms with van der Waals surface area (Å²) < 4.78 is 37.6. The van der Waals surface area contributed by atoms with Gasteiger partial charge in [-0.25, -0.2) is 8.42 Å². The number of fused-ring (bicyclic) bond motifs is 1. The molecule has 0 aromatic heterocycles. The van der Waals surface area contributed by atoms with Crippen LogP contribution in [0.2, 0.25) is 0 Å². The zero-order valence-corrected chi connectivity index (χ0v) is 14.7. The topological polar surface area (TPSA) is 55.8 Å². The number of hydrogen-bond donors (Lipinski definition) is 0. The van der Waals surface area contributed by atoms with Gasteiger partial charge in [-0.15, -0.1) is 0 Å². The van der Waals surface area contributed by atoms with E-state index in [2.05, 4.69) is 0 Å². The van der Waals surface area contributed by atoms with Gasteiger partial charge in [-0.3, -0.25) is 0 Å². The molecule has 0 bridgehead atoms. The molecule has 0 saturated heterocycles. The molecule has 7 heteroatoms. The van der Waals surface area contributed by atoms with E-state index in [0.29, 0.717) is 32.9 Å². The van der Waals surface area contributed by atoms with Gasteiger partial charge in [0.2, 0.25) is 10.0 Å². The third-order valence-electron chi connectivity index (χ3n) is 4.10. The Balaban J connectivity index is 1.77. The largest absolute Gasteiger partial charge is 0.457 e. The van der Waals surface area contributed by atoms with Crippen molar-refractivity contribution >= 4 is 23.0 Å². The Bertz CT molecular complexity index is 817. The molecule has 1 aliphatic rings. The van der Waals surface area contributed by atoms with E-state index in [4.69, 9.17) is 9.39 Å². The van der Waals surface area contributed by atoms with Gasteiger partial charge in [0.05, 0.1) is 11.5 Å². The highest BCUT2D eigenvalue weighted by Gasteiger charge is 2.21. The predicted octanol–water partition coefficient (Wildman–Crippen LogP) is 2.02. The fraction of sp³-hybridized carbons (Fsp3) is 0.294. The Morgan fingerprint density at radius 2 is 1.75 bits per heavy atom. The highest BCUT2D eigenvalue weighted by molar-refractivity contribution is 7.89. The van der Waals surface area contributed by atoms with Crippen LogP contribution < -0.4 is 10.2 Å². The lowest BCUT2D eigenvalue weighted by atomic mass is 9.87. The maximum Gasteiger partial charge on any atom is 0.309 e. The van der Waals surface area contributed by atoms with Crippen molar-refractivity contribution in [1.29, 1.82) is 0 Å². The summed E-state index contributed by atoms with van der Waals surface area (Å²) in [6, 6.07) is 12.4. The van der Waals surface area contributed by atoms with Crippen molar-refractivity contribution in [2.75, 3.05) is 13.1 Å². The molecule has 2 aromatic rings. The number of benzene rings is 2. The Morgan fingerprint density at radius 1 is 1.08 bits per heavy atom. The van der Waals surface area contributed by atoms with E-state index < -0.39 is 10.0 Å². The molecular weight excluding hydrogens is 325 g/mol. The second kappa shape index (κ2) is 6.97. The first kappa shape index (κ1) is 17.0. The van der Waals surface area contributed by atoms with Crippen molar-refractivity contribution in [3.05, 3.63) is 48.0 Å². The fourth-order valence-corrected chi connectivity index (χ4v) is 4.20. The molecule has 1 aliphatic heterocycles. The molecule has 3 rings (SSSR count). The molecule has 1 heterocycles. The van der Waals surface area contributed by atoms with Gasteiger partial charge in [-0.2, -0.15) is 4.31 Å². The van der Waals surface area contributed by atoms with Crippen molar-refractivity contribution < 1.29 is 17.8 Å². The summed E-state index contributed by atoms with van der Waals surface area (Å²) in [5.74, 6) is 1.32. The van der Waals surface area contributed by atoms with Crippen LogP contribution in [0.4, 0.5) is 0 Å². The molecule has 0 N–H and O–H groups in total. The predicted molar refractivity (Wildman–Crippen MR) is 94.6 cm³/mol. The minimum absolute atomic E-state index is 0.279. The standard InChI is InChI=1S/C17H20BNO4S/c1-3-19(4-2)24(20,21)16-8-5-14(6-9-16)23-15-7-10-17-13(11-15)12-22-18-17/h5-11,18H,3-4,12H2,1-2H3. The van der Waals surface area contributed by atoms with Gasteiger partial charge in [-0.05, 0) is 47.4 Å². The lowest BCUT2D eigenvalue weighted by molar-refractivity contribution is 0.344. The average molecular weight is 345 g/mol. The fourth-order valence-electron chi connectivity index (χ4n) is 2.74. The molecule has 24 heavy (non-hydrogen) atoms. The smallest absolute Gasteiger partial charge is 0.309 e. The van der Waals surface area contributed by atoms with Gasteiger partial charge < -0.3 is 9.39 Å². The number of sulfonamides is 1. The molecule has 0 fully saturated rings. The van der Waals surface area contributed by atoms with Crippen molar-refractivity contribution in [1.82, 2.24) is 4.31 Å². The van der Waals surface area contributed by atoms with Crippen LogP contribution in [-0.2, 0) is 21.3 Å². The Kier molecular flexibility index (Phi) is 4.94. The molecule has 0 amide bonds. The molecule has 0 saturated carbocycles. The SMILES string of the molecule is CCN(CC)S(=O)(=O)c1ccc(Oc2ccc3c(c2)COB3)cc1. The summed E-state index contributed by atoms with van der Waals surface area (Å²) in [4.78, 5) is 0.279. The molecule has 5 nitrogen and oxygen atoms in total. The van der Waals surface area contributed by atoms with Gasteiger partial charge in [-0.1, -0.05) is 19.9 Å². The molecular formula is C17H20BNO4S. The van der Waals surface area contributed by atoms with Crippen LogP contribution in [0, 0.1) is 0 Å². The average Bonchev–Trinajstić information content (AvgIpc) is 3.04. The van der Waals surface area contributed by atoms with Gasteiger partial charge in [0.15, 0.2) is 0 Å². The summed E-state index contributed by atoms with van der Waals surface area (Å²) in [6.07, 6.45) is 0. The molecule has 0 radical (unpaired) electrons. The summed E-state index contributed by atoms with van der Waals surface area (Å²) in [7, 11) is -2.79. The quantitative estimate of drug-likeness (QED) is 0.752. The second-order valence-electron chi connectivity index (χ2n) is 5.59. The third-order valence-corrected chi connectivity index (χ3v) is 6.16. The second-order valence-corrected chi connectivity index (χ2v) is 7.52. The molecule has 0 unspecified atom stereocenters. The molecule has 126 valence electrons. The molecule has 0 atom stereocenters. The van der Waals surface area contributed by atoms with Crippen LogP contribution in [-0.4, -0.2) is 33.3 Å².